The van der Waals surface area contributed by atoms with Crippen LogP contribution in [0.4, 0.5) is 5.69 Å². The highest BCUT2D eigenvalue weighted by Crippen LogP contribution is 2.27. The zero-order chi connectivity index (χ0) is 12.3. The zero-order valence-corrected chi connectivity index (χ0v) is 12.1. The summed E-state index contributed by atoms with van der Waals surface area (Å²) in [6.07, 6.45) is 3.24. The fourth-order valence-corrected chi connectivity index (χ4v) is 3.33. The van der Waals surface area contributed by atoms with Crippen molar-refractivity contribution in [2.45, 2.75) is 30.7 Å². The maximum atomic E-state index is 4.72. The van der Waals surface area contributed by atoms with Crippen LogP contribution in [0.1, 0.15) is 20.3 Å². The van der Waals surface area contributed by atoms with Crippen molar-refractivity contribution in [1.29, 1.82) is 0 Å². The topological polar surface area (TPSA) is 24.4 Å². The van der Waals surface area contributed by atoms with Crippen molar-refractivity contribution in [3.05, 3.63) is 24.3 Å². The number of benzene rings is 1. The first-order valence-corrected chi connectivity index (χ1v) is 7.94. The van der Waals surface area contributed by atoms with E-state index in [9.17, 15) is 0 Å². The molecule has 0 saturated heterocycles. The summed E-state index contributed by atoms with van der Waals surface area (Å²) in [5.41, 5.74) is 1.19. The van der Waals surface area contributed by atoms with Gasteiger partial charge in [0.25, 0.3) is 0 Å². The van der Waals surface area contributed by atoms with Gasteiger partial charge >= 0.3 is 0 Å². The number of rotatable bonds is 2. The van der Waals surface area contributed by atoms with Gasteiger partial charge in [0.1, 0.15) is 0 Å². The Morgan fingerprint density at radius 2 is 2.00 bits per heavy atom. The van der Waals surface area contributed by atoms with Crippen molar-refractivity contribution in [2.75, 3.05) is 17.3 Å². The van der Waals surface area contributed by atoms with E-state index in [1.54, 1.807) is 23.5 Å². The Bertz CT molecular complexity index is 410. The number of nitrogens with zero attached hydrogens (tertiary/aromatic N) is 1. The molecule has 92 valence electrons. The molecule has 1 aromatic carbocycles. The van der Waals surface area contributed by atoms with Gasteiger partial charge in [-0.25, -0.2) is 0 Å². The molecule has 1 aromatic rings. The molecule has 0 aliphatic carbocycles. The summed E-state index contributed by atoms with van der Waals surface area (Å²) in [6, 6.07) is 8.48. The molecule has 0 amide bonds. The molecule has 0 bridgehead atoms. The highest BCUT2D eigenvalue weighted by atomic mass is 32.2. The molecule has 1 aliphatic rings. The second-order valence-electron chi connectivity index (χ2n) is 4.68. The molecule has 4 heteroatoms. The van der Waals surface area contributed by atoms with Gasteiger partial charge in [-0.15, -0.1) is 11.8 Å². The van der Waals surface area contributed by atoms with Crippen LogP contribution in [0.25, 0.3) is 0 Å². The van der Waals surface area contributed by atoms with Crippen LogP contribution in [0.3, 0.4) is 0 Å². The molecule has 1 N–H and O–H groups in total. The van der Waals surface area contributed by atoms with Gasteiger partial charge in [0.05, 0.1) is 5.54 Å². The molecular formula is C13H18N2S2. The summed E-state index contributed by atoms with van der Waals surface area (Å²) in [6.45, 7) is 4.37. The Hall–Kier alpha value is -0.610. The van der Waals surface area contributed by atoms with Crippen LogP contribution < -0.4 is 5.32 Å². The van der Waals surface area contributed by atoms with Gasteiger partial charge in [-0.1, -0.05) is 11.8 Å². The summed E-state index contributed by atoms with van der Waals surface area (Å²) in [7, 11) is 0. The van der Waals surface area contributed by atoms with Crippen molar-refractivity contribution in [3.63, 3.8) is 0 Å². The van der Waals surface area contributed by atoms with Crippen LogP contribution >= 0.6 is 23.5 Å². The van der Waals surface area contributed by atoms with E-state index in [1.807, 2.05) is 0 Å². The summed E-state index contributed by atoms with van der Waals surface area (Å²) < 4.78 is 0. The van der Waals surface area contributed by atoms with Crippen molar-refractivity contribution in [3.8, 4) is 0 Å². The molecule has 0 saturated carbocycles. The maximum Gasteiger partial charge on any atom is 0.161 e. The van der Waals surface area contributed by atoms with Crippen molar-refractivity contribution < 1.29 is 0 Å². The van der Waals surface area contributed by atoms with Gasteiger partial charge in [-0.05, 0) is 50.8 Å². The smallest absolute Gasteiger partial charge is 0.161 e. The quantitative estimate of drug-likeness (QED) is 0.816. The highest BCUT2D eigenvalue weighted by molar-refractivity contribution is 8.14. The Labute approximate surface area is 112 Å². The van der Waals surface area contributed by atoms with Gasteiger partial charge in [-0.2, -0.15) is 0 Å². The third-order valence-corrected chi connectivity index (χ3v) is 4.32. The molecule has 0 atom stereocenters. The van der Waals surface area contributed by atoms with E-state index in [0.29, 0.717) is 0 Å². The Balaban J connectivity index is 2.07. The first kappa shape index (κ1) is 12.8. The first-order valence-electron chi connectivity index (χ1n) is 5.73. The number of amidine groups is 1. The molecule has 0 aromatic heterocycles. The zero-order valence-electron chi connectivity index (χ0n) is 10.5. The standard InChI is InChI=1S/C13H18N2S2/c1-13(2)8-9-17-12(15-13)14-10-4-6-11(16-3)7-5-10/h4-7H,8-9H2,1-3H3,(H,14,15). The van der Waals surface area contributed by atoms with E-state index in [4.69, 9.17) is 4.99 Å². The van der Waals surface area contributed by atoms with E-state index in [2.05, 4.69) is 49.7 Å². The molecule has 0 unspecified atom stereocenters. The van der Waals surface area contributed by atoms with Gasteiger partial charge in [0, 0.05) is 16.3 Å². The van der Waals surface area contributed by atoms with Gasteiger partial charge in [-0.3, -0.25) is 4.99 Å². The molecule has 2 nitrogen and oxygen atoms in total. The molecule has 1 aliphatic heterocycles. The fourth-order valence-electron chi connectivity index (χ4n) is 1.62. The molecule has 0 spiro atoms. The van der Waals surface area contributed by atoms with E-state index in [-0.39, 0.29) is 5.54 Å². The third kappa shape index (κ3) is 3.68. The lowest BCUT2D eigenvalue weighted by atomic mass is 10.0. The number of thioether (sulfide) groups is 2. The van der Waals surface area contributed by atoms with E-state index < -0.39 is 0 Å². The molecular weight excluding hydrogens is 248 g/mol. The SMILES string of the molecule is CSc1ccc(NC2=NC(C)(C)CCS2)cc1. The summed E-state index contributed by atoms with van der Waals surface area (Å²) in [5, 5.41) is 4.43. The predicted molar refractivity (Wildman–Crippen MR) is 80.4 cm³/mol. The summed E-state index contributed by atoms with van der Waals surface area (Å²) in [4.78, 5) is 6.00. The minimum absolute atomic E-state index is 0.0762. The largest absolute Gasteiger partial charge is 0.335 e. The molecule has 0 fully saturated rings. The Kier molecular flexibility index (Phi) is 4.05. The number of anilines is 1. The third-order valence-electron chi connectivity index (χ3n) is 2.70. The Morgan fingerprint density at radius 1 is 1.29 bits per heavy atom. The fraction of sp³-hybridized carbons (Fsp3) is 0.462. The molecule has 17 heavy (non-hydrogen) atoms. The lowest BCUT2D eigenvalue weighted by Crippen LogP contribution is -2.27. The number of hydrogen-bond acceptors (Lipinski definition) is 4. The Morgan fingerprint density at radius 3 is 2.59 bits per heavy atom. The monoisotopic (exact) mass is 266 g/mol. The lowest BCUT2D eigenvalue weighted by Gasteiger charge is -2.26. The normalized spacial score (nSPS) is 18.6. The number of nitrogens with one attached hydrogen (secondary N) is 1. The minimum Gasteiger partial charge on any atom is -0.335 e. The van der Waals surface area contributed by atoms with Crippen LogP contribution in [0, 0.1) is 0 Å². The lowest BCUT2D eigenvalue weighted by molar-refractivity contribution is 0.507. The molecule has 1 heterocycles. The van der Waals surface area contributed by atoms with Crippen molar-refractivity contribution in [2.24, 2.45) is 4.99 Å². The van der Waals surface area contributed by atoms with Gasteiger partial charge in [0.15, 0.2) is 5.17 Å². The van der Waals surface area contributed by atoms with Gasteiger partial charge < -0.3 is 5.32 Å². The van der Waals surface area contributed by atoms with Crippen LogP contribution in [-0.4, -0.2) is 22.7 Å². The second kappa shape index (κ2) is 5.36. The highest BCUT2D eigenvalue weighted by Gasteiger charge is 2.22. The van der Waals surface area contributed by atoms with Crippen LogP contribution in [-0.2, 0) is 0 Å². The summed E-state index contributed by atoms with van der Waals surface area (Å²) in [5.74, 6) is 1.14. The summed E-state index contributed by atoms with van der Waals surface area (Å²) >= 11 is 3.56. The number of aliphatic imine (C=N–C) groups is 1. The van der Waals surface area contributed by atoms with E-state index in [1.165, 1.54) is 4.90 Å². The number of hydrogen-bond donors (Lipinski definition) is 1. The van der Waals surface area contributed by atoms with E-state index in [0.717, 1.165) is 23.0 Å². The van der Waals surface area contributed by atoms with Crippen molar-refractivity contribution in [1.82, 2.24) is 0 Å². The van der Waals surface area contributed by atoms with Crippen molar-refractivity contribution >= 4 is 34.4 Å². The predicted octanol–water partition coefficient (Wildman–Crippen LogP) is 4.09. The second-order valence-corrected chi connectivity index (χ2v) is 6.64. The maximum absolute atomic E-state index is 4.72. The average Bonchev–Trinajstić information content (AvgIpc) is 2.29. The van der Waals surface area contributed by atoms with E-state index >= 15 is 0 Å². The first-order chi connectivity index (χ1) is 8.09. The van der Waals surface area contributed by atoms with Crippen LogP contribution in [0.5, 0.6) is 0 Å². The minimum atomic E-state index is 0.0762. The van der Waals surface area contributed by atoms with Crippen LogP contribution in [0.2, 0.25) is 0 Å². The van der Waals surface area contributed by atoms with Gasteiger partial charge in [0.2, 0.25) is 0 Å². The molecule has 2 rings (SSSR count). The average molecular weight is 266 g/mol. The molecule has 0 radical (unpaired) electrons. The van der Waals surface area contributed by atoms with Crippen LogP contribution in [0.15, 0.2) is 34.2 Å².